The third-order valence-corrected chi connectivity index (χ3v) is 3.85. The molecule has 0 aliphatic rings. The van der Waals surface area contributed by atoms with Crippen molar-refractivity contribution >= 4 is 23.5 Å². The molecule has 0 fully saturated rings. The third kappa shape index (κ3) is 4.77. The molecule has 0 aliphatic carbocycles. The molecule has 2 aromatic carbocycles. The van der Waals surface area contributed by atoms with E-state index >= 15 is 0 Å². The van der Waals surface area contributed by atoms with Crippen LogP contribution in [-0.2, 0) is 6.61 Å². The fraction of sp³-hybridized carbons (Fsp3) is 0.0952. The van der Waals surface area contributed by atoms with Crippen LogP contribution in [0.4, 0.5) is 0 Å². The van der Waals surface area contributed by atoms with Crippen LogP contribution in [0.15, 0.2) is 71.2 Å². The van der Waals surface area contributed by atoms with Crippen LogP contribution in [0.1, 0.15) is 21.9 Å². The molecule has 0 aliphatic heterocycles. The number of hydrogen-bond acceptors (Lipinski definition) is 4. The zero-order valence-electron chi connectivity index (χ0n) is 14.1. The molecule has 0 atom stereocenters. The van der Waals surface area contributed by atoms with Crippen LogP contribution in [0.3, 0.4) is 0 Å². The maximum absolute atomic E-state index is 12.2. The summed E-state index contributed by atoms with van der Waals surface area (Å²) >= 11 is 5.92. The van der Waals surface area contributed by atoms with Crippen molar-refractivity contribution < 1.29 is 18.7 Å². The zero-order chi connectivity index (χ0) is 18.4. The van der Waals surface area contributed by atoms with Crippen LogP contribution in [-0.4, -0.2) is 12.9 Å². The Balaban J connectivity index is 1.60. The van der Waals surface area contributed by atoms with Gasteiger partial charge in [-0.2, -0.15) is 0 Å². The number of ether oxygens (including phenoxy) is 2. The van der Waals surface area contributed by atoms with Gasteiger partial charge in [-0.15, -0.1) is 0 Å². The number of ketones is 1. The van der Waals surface area contributed by atoms with Crippen molar-refractivity contribution in [2.75, 3.05) is 7.11 Å². The Morgan fingerprint density at radius 3 is 2.69 bits per heavy atom. The monoisotopic (exact) mass is 368 g/mol. The van der Waals surface area contributed by atoms with Crippen LogP contribution in [0, 0.1) is 0 Å². The highest BCUT2D eigenvalue weighted by Gasteiger charge is 2.05. The van der Waals surface area contributed by atoms with Gasteiger partial charge in [0, 0.05) is 10.6 Å². The number of hydrogen-bond donors (Lipinski definition) is 0. The van der Waals surface area contributed by atoms with Crippen LogP contribution in [0.2, 0.25) is 5.02 Å². The molecule has 3 rings (SSSR count). The summed E-state index contributed by atoms with van der Waals surface area (Å²) in [6.45, 7) is 0.276. The fourth-order valence-electron chi connectivity index (χ4n) is 2.30. The first-order valence-corrected chi connectivity index (χ1v) is 8.35. The van der Waals surface area contributed by atoms with Crippen molar-refractivity contribution in [3.05, 3.63) is 88.8 Å². The number of rotatable bonds is 7. The van der Waals surface area contributed by atoms with Crippen molar-refractivity contribution in [3.63, 3.8) is 0 Å². The van der Waals surface area contributed by atoms with Gasteiger partial charge >= 0.3 is 0 Å². The molecule has 0 amide bonds. The van der Waals surface area contributed by atoms with E-state index in [4.69, 9.17) is 25.5 Å². The average molecular weight is 369 g/mol. The molecule has 0 radical (unpaired) electrons. The van der Waals surface area contributed by atoms with E-state index in [1.165, 1.54) is 6.08 Å². The molecule has 0 saturated heterocycles. The van der Waals surface area contributed by atoms with Crippen molar-refractivity contribution in [1.29, 1.82) is 0 Å². The van der Waals surface area contributed by atoms with E-state index in [2.05, 4.69) is 0 Å². The second-order valence-electron chi connectivity index (χ2n) is 5.48. The highest BCUT2D eigenvalue weighted by molar-refractivity contribution is 6.30. The standard InChI is InChI=1S/C21H17ClO4/c1-24-18-6-2-4-15(12-18)21(23)11-10-17-8-9-20(26-17)14-25-19-7-3-5-16(22)13-19/h2-13H,14H2,1H3/b11-10+. The van der Waals surface area contributed by atoms with Crippen LogP contribution in [0.5, 0.6) is 11.5 Å². The van der Waals surface area contributed by atoms with E-state index in [0.29, 0.717) is 33.6 Å². The minimum Gasteiger partial charge on any atom is -0.497 e. The molecule has 0 N–H and O–H groups in total. The number of furan rings is 1. The first-order valence-electron chi connectivity index (χ1n) is 7.97. The lowest BCUT2D eigenvalue weighted by Gasteiger charge is -2.03. The predicted molar refractivity (Wildman–Crippen MR) is 101 cm³/mol. The predicted octanol–water partition coefficient (Wildman–Crippen LogP) is 5.42. The molecular formula is C21H17ClO4. The molecule has 5 heteroatoms. The van der Waals surface area contributed by atoms with E-state index in [-0.39, 0.29) is 12.4 Å². The van der Waals surface area contributed by atoms with Crippen molar-refractivity contribution in [3.8, 4) is 11.5 Å². The van der Waals surface area contributed by atoms with Gasteiger partial charge in [-0.3, -0.25) is 4.79 Å². The SMILES string of the molecule is COc1cccc(C(=O)/C=C/c2ccc(COc3cccc(Cl)c3)o2)c1. The van der Waals surface area contributed by atoms with Gasteiger partial charge in [-0.05, 0) is 54.6 Å². The normalized spacial score (nSPS) is 10.8. The number of carbonyl (C=O) groups excluding carboxylic acids is 1. The Bertz CT molecular complexity index is 927. The lowest BCUT2D eigenvalue weighted by Crippen LogP contribution is -1.94. The number of allylic oxidation sites excluding steroid dienone is 1. The topological polar surface area (TPSA) is 48.7 Å². The van der Waals surface area contributed by atoms with E-state index in [1.807, 2.05) is 12.1 Å². The maximum atomic E-state index is 12.2. The largest absolute Gasteiger partial charge is 0.497 e. The molecule has 3 aromatic rings. The van der Waals surface area contributed by atoms with Gasteiger partial charge in [-0.1, -0.05) is 29.8 Å². The Labute approximate surface area is 156 Å². The van der Waals surface area contributed by atoms with Crippen LogP contribution >= 0.6 is 11.6 Å². The first-order chi connectivity index (χ1) is 12.6. The van der Waals surface area contributed by atoms with E-state index < -0.39 is 0 Å². The summed E-state index contributed by atoms with van der Waals surface area (Å²) in [5.74, 6) is 2.41. The Morgan fingerprint density at radius 2 is 1.88 bits per heavy atom. The minimum atomic E-state index is -0.128. The summed E-state index contributed by atoms with van der Waals surface area (Å²) in [6.07, 6.45) is 3.10. The van der Waals surface area contributed by atoms with Gasteiger partial charge in [0.25, 0.3) is 0 Å². The quantitative estimate of drug-likeness (QED) is 0.413. The van der Waals surface area contributed by atoms with Gasteiger partial charge in [0.2, 0.25) is 0 Å². The van der Waals surface area contributed by atoms with Gasteiger partial charge in [0.1, 0.15) is 29.6 Å². The second-order valence-corrected chi connectivity index (χ2v) is 5.92. The van der Waals surface area contributed by atoms with E-state index in [1.54, 1.807) is 61.7 Å². The summed E-state index contributed by atoms with van der Waals surface area (Å²) < 4.78 is 16.4. The third-order valence-electron chi connectivity index (χ3n) is 3.61. The minimum absolute atomic E-state index is 0.128. The number of methoxy groups -OCH3 is 1. The second kappa shape index (κ2) is 8.41. The zero-order valence-corrected chi connectivity index (χ0v) is 14.9. The van der Waals surface area contributed by atoms with Gasteiger partial charge in [-0.25, -0.2) is 0 Å². The molecule has 132 valence electrons. The number of halogens is 1. The van der Waals surface area contributed by atoms with Crippen molar-refractivity contribution in [2.45, 2.75) is 6.61 Å². The average Bonchev–Trinajstić information content (AvgIpc) is 3.12. The highest BCUT2D eigenvalue weighted by atomic mass is 35.5. The maximum Gasteiger partial charge on any atom is 0.186 e. The molecule has 0 bridgehead atoms. The molecule has 0 saturated carbocycles. The van der Waals surface area contributed by atoms with Gasteiger partial charge in [0.15, 0.2) is 5.78 Å². The summed E-state index contributed by atoms with van der Waals surface area (Å²) in [5.41, 5.74) is 0.552. The van der Waals surface area contributed by atoms with Gasteiger partial charge < -0.3 is 13.9 Å². The molecular weight excluding hydrogens is 352 g/mol. The number of carbonyl (C=O) groups is 1. The molecule has 1 heterocycles. The molecule has 26 heavy (non-hydrogen) atoms. The summed E-state index contributed by atoms with van der Waals surface area (Å²) in [7, 11) is 1.56. The summed E-state index contributed by atoms with van der Waals surface area (Å²) in [6, 6.07) is 17.7. The van der Waals surface area contributed by atoms with E-state index in [0.717, 1.165) is 0 Å². The summed E-state index contributed by atoms with van der Waals surface area (Å²) in [5, 5.41) is 0.613. The Kier molecular flexibility index (Phi) is 5.77. The highest BCUT2D eigenvalue weighted by Crippen LogP contribution is 2.19. The van der Waals surface area contributed by atoms with Crippen molar-refractivity contribution in [1.82, 2.24) is 0 Å². The molecule has 0 spiro atoms. The van der Waals surface area contributed by atoms with Crippen LogP contribution < -0.4 is 9.47 Å². The smallest absolute Gasteiger partial charge is 0.186 e. The first kappa shape index (κ1) is 17.8. The molecule has 1 aromatic heterocycles. The molecule has 0 unspecified atom stereocenters. The van der Waals surface area contributed by atoms with E-state index in [9.17, 15) is 4.79 Å². The lowest BCUT2D eigenvalue weighted by molar-refractivity contribution is 0.104. The molecule has 4 nitrogen and oxygen atoms in total. The Hall–Kier alpha value is -2.98. The summed E-state index contributed by atoms with van der Waals surface area (Å²) in [4.78, 5) is 12.2. The van der Waals surface area contributed by atoms with Crippen LogP contribution in [0.25, 0.3) is 6.08 Å². The lowest BCUT2D eigenvalue weighted by atomic mass is 10.1. The van der Waals surface area contributed by atoms with Gasteiger partial charge in [0.05, 0.1) is 7.11 Å². The number of benzene rings is 2. The Morgan fingerprint density at radius 1 is 1.08 bits per heavy atom. The fourth-order valence-corrected chi connectivity index (χ4v) is 2.48. The van der Waals surface area contributed by atoms with Crippen molar-refractivity contribution in [2.24, 2.45) is 0 Å².